The van der Waals surface area contributed by atoms with Gasteiger partial charge in [0.25, 0.3) is 0 Å². The average molecular weight is 483 g/mol. The van der Waals surface area contributed by atoms with Crippen molar-refractivity contribution in [1.29, 1.82) is 0 Å². The summed E-state index contributed by atoms with van der Waals surface area (Å²) < 4.78 is 5.92. The molecule has 3 atom stereocenters. The minimum atomic E-state index is -0.882. The molecule has 0 spiro atoms. The fraction of sp³-hybridized carbons (Fsp3) is 0.586. The number of likely N-dealkylation sites (tertiary alicyclic amines) is 1. The Morgan fingerprint density at radius 1 is 1.11 bits per heavy atom. The molecule has 1 aromatic heterocycles. The van der Waals surface area contributed by atoms with Crippen LogP contribution in [0.15, 0.2) is 48.8 Å². The number of hydrogen-bond donors (Lipinski definition) is 2. The van der Waals surface area contributed by atoms with Crippen LogP contribution in [0.1, 0.15) is 93.4 Å². The van der Waals surface area contributed by atoms with Crippen LogP contribution in [0, 0.1) is 0 Å². The average Bonchev–Trinajstić information content (AvgIpc) is 3.31. The lowest BCUT2D eigenvalue weighted by atomic mass is 9.91. The second-order valence-electron chi connectivity index (χ2n) is 9.72. The van der Waals surface area contributed by atoms with Gasteiger partial charge < -0.3 is 19.8 Å². The third-order valence-electron chi connectivity index (χ3n) is 7.14. The molecule has 2 N–H and O–H groups in total. The lowest BCUT2D eigenvalue weighted by Gasteiger charge is -2.26. The molecule has 2 heterocycles. The molecule has 1 aliphatic rings. The molecule has 35 heavy (non-hydrogen) atoms. The summed E-state index contributed by atoms with van der Waals surface area (Å²) in [4.78, 5) is 17.4. The zero-order valence-corrected chi connectivity index (χ0v) is 21.1. The first-order valence-electron chi connectivity index (χ1n) is 13.3. The summed E-state index contributed by atoms with van der Waals surface area (Å²) >= 11 is 0. The fourth-order valence-electron chi connectivity index (χ4n) is 5.05. The lowest BCUT2D eigenvalue weighted by molar-refractivity contribution is 0.0602. The van der Waals surface area contributed by atoms with E-state index < -0.39 is 12.2 Å². The van der Waals surface area contributed by atoms with E-state index in [2.05, 4.69) is 36.2 Å². The number of aryl methyl sites for hydroxylation is 1. The van der Waals surface area contributed by atoms with Gasteiger partial charge >= 0.3 is 6.09 Å². The smallest absolute Gasteiger partial charge is 0.407 e. The molecular weight excluding hydrogens is 440 g/mol. The van der Waals surface area contributed by atoms with Crippen LogP contribution in [0.25, 0.3) is 0 Å². The van der Waals surface area contributed by atoms with Crippen molar-refractivity contribution < 1.29 is 19.7 Å². The van der Waals surface area contributed by atoms with Crippen molar-refractivity contribution in [3.63, 3.8) is 0 Å². The van der Waals surface area contributed by atoms with Crippen LogP contribution < -0.4 is 0 Å². The summed E-state index contributed by atoms with van der Waals surface area (Å²) in [5.74, 6) is 0.148. The first kappa shape index (κ1) is 27.2. The molecule has 0 aliphatic carbocycles. The number of aliphatic hydroxyl groups is 1. The molecule has 6 heteroatoms. The Morgan fingerprint density at radius 2 is 1.89 bits per heavy atom. The summed E-state index contributed by atoms with van der Waals surface area (Å²) in [5, 5.41) is 20.0. The fourth-order valence-corrected chi connectivity index (χ4v) is 5.05. The number of unbranched alkanes of at least 4 members (excludes halogenated alkanes) is 5. The molecule has 0 saturated carbocycles. The topological polar surface area (TPSA) is 82.9 Å². The second-order valence-corrected chi connectivity index (χ2v) is 9.72. The molecule has 2 aromatic rings. The predicted octanol–water partition coefficient (Wildman–Crippen LogP) is 6.35. The highest BCUT2D eigenvalue weighted by Crippen LogP contribution is 2.34. The minimum Gasteiger partial charge on any atom is -0.465 e. The second kappa shape index (κ2) is 14.8. The zero-order valence-electron chi connectivity index (χ0n) is 21.1. The van der Waals surface area contributed by atoms with Crippen molar-refractivity contribution in [2.45, 2.75) is 89.2 Å². The van der Waals surface area contributed by atoms with E-state index >= 15 is 0 Å². The Bertz CT molecular complexity index is 859. The molecule has 1 aliphatic heterocycles. The van der Waals surface area contributed by atoms with Crippen LogP contribution >= 0.6 is 0 Å². The number of pyridine rings is 1. The Kier molecular flexibility index (Phi) is 11.5. The zero-order chi connectivity index (χ0) is 24.9. The number of hydrogen-bond acceptors (Lipinski definition) is 4. The van der Waals surface area contributed by atoms with Crippen LogP contribution in [0.4, 0.5) is 4.79 Å². The predicted molar refractivity (Wildman–Crippen MR) is 139 cm³/mol. The highest BCUT2D eigenvalue weighted by molar-refractivity contribution is 5.66. The minimum absolute atomic E-state index is 0.148. The van der Waals surface area contributed by atoms with E-state index in [-0.39, 0.29) is 12.0 Å². The normalized spacial score (nSPS) is 18.6. The number of aromatic nitrogens is 1. The maximum Gasteiger partial charge on any atom is 0.407 e. The third kappa shape index (κ3) is 8.62. The molecule has 0 radical (unpaired) electrons. The summed E-state index contributed by atoms with van der Waals surface area (Å²) in [7, 11) is 0. The SMILES string of the molecule is CCCCCCCCc1ccc([C@H]2CCN(C(=O)O)[C@@H]2COCCCC(O)c2cccnc2)cc1. The van der Waals surface area contributed by atoms with Gasteiger partial charge in [-0.25, -0.2) is 4.79 Å². The van der Waals surface area contributed by atoms with Gasteiger partial charge in [-0.15, -0.1) is 0 Å². The molecule has 1 aromatic carbocycles. The molecule has 192 valence electrons. The van der Waals surface area contributed by atoms with Gasteiger partial charge in [0, 0.05) is 31.5 Å². The quantitative estimate of drug-likeness (QED) is 0.289. The standard InChI is InChI=1S/C29H42N2O4/c1-2-3-4-5-6-7-10-23-13-15-24(16-14-23)26-17-19-31(29(33)34)27(26)22-35-20-9-12-28(32)25-11-8-18-30-21-25/h8,11,13-16,18,21,26-28,32H,2-7,9-10,12,17,19-20,22H2,1H3,(H,33,34)/t26-,27-,28?/m1/s1. The van der Waals surface area contributed by atoms with Crippen molar-refractivity contribution in [2.75, 3.05) is 19.8 Å². The van der Waals surface area contributed by atoms with Crippen molar-refractivity contribution >= 4 is 6.09 Å². The van der Waals surface area contributed by atoms with E-state index in [1.165, 1.54) is 54.6 Å². The lowest BCUT2D eigenvalue weighted by Crippen LogP contribution is -2.39. The first-order chi connectivity index (χ1) is 17.1. The molecule has 6 nitrogen and oxygen atoms in total. The maximum atomic E-state index is 11.8. The molecular formula is C29H42N2O4. The third-order valence-corrected chi connectivity index (χ3v) is 7.14. The van der Waals surface area contributed by atoms with Crippen LogP contribution in [-0.4, -0.2) is 52.0 Å². The Labute approximate surface area is 210 Å². The van der Waals surface area contributed by atoms with E-state index in [1.807, 2.05) is 12.1 Å². The van der Waals surface area contributed by atoms with Gasteiger partial charge in [0.15, 0.2) is 0 Å². The summed E-state index contributed by atoms with van der Waals surface area (Å²) in [5.41, 5.74) is 3.36. The van der Waals surface area contributed by atoms with Crippen LogP contribution in [0.3, 0.4) is 0 Å². The van der Waals surface area contributed by atoms with Crippen molar-refractivity contribution in [3.8, 4) is 0 Å². The number of nitrogens with zero attached hydrogens (tertiary/aromatic N) is 2. The van der Waals surface area contributed by atoms with Gasteiger partial charge in [0.05, 0.1) is 18.8 Å². The van der Waals surface area contributed by atoms with Gasteiger partial charge in [-0.05, 0) is 54.9 Å². The van der Waals surface area contributed by atoms with Crippen LogP contribution in [0.5, 0.6) is 0 Å². The molecule has 1 saturated heterocycles. The Morgan fingerprint density at radius 3 is 2.60 bits per heavy atom. The van der Waals surface area contributed by atoms with E-state index in [0.29, 0.717) is 32.6 Å². The van der Waals surface area contributed by atoms with Crippen LogP contribution in [-0.2, 0) is 11.2 Å². The van der Waals surface area contributed by atoms with Crippen molar-refractivity contribution in [3.05, 3.63) is 65.5 Å². The largest absolute Gasteiger partial charge is 0.465 e. The van der Waals surface area contributed by atoms with E-state index in [0.717, 1.165) is 18.4 Å². The summed E-state index contributed by atoms with van der Waals surface area (Å²) in [6.45, 7) is 3.65. The number of aliphatic hydroxyl groups excluding tert-OH is 1. The monoisotopic (exact) mass is 482 g/mol. The van der Waals surface area contributed by atoms with Crippen LogP contribution in [0.2, 0.25) is 0 Å². The van der Waals surface area contributed by atoms with Gasteiger partial charge in [-0.3, -0.25) is 4.98 Å². The van der Waals surface area contributed by atoms with Crippen molar-refractivity contribution in [2.24, 2.45) is 0 Å². The first-order valence-corrected chi connectivity index (χ1v) is 13.3. The number of carbonyl (C=O) groups is 1. The highest BCUT2D eigenvalue weighted by atomic mass is 16.5. The molecule has 1 fully saturated rings. The molecule has 0 bridgehead atoms. The van der Waals surface area contributed by atoms with Crippen molar-refractivity contribution in [1.82, 2.24) is 9.88 Å². The van der Waals surface area contributed by atoms with Gasteiger partial charge in [-0.1, -0.05) is 69.4 Å². The van der Waals surface area contributed by atoms with Gasteiger partial charge in [-0.2, -0.15) is 0 Å². The summed E-state index contributed by atoms with van der Waals surface area (Å²) in [6.07, 6.45) is 12.9. The number of ether oxygens (including phenoxy) is 1. The van der Waals surface area contributed by atoms with E-state index in [1.54, 1.807) is 12.4 Å². The Hall–Kier alpha value is -2.44. The molecule has 1 amide bonds. The van der Waals surface area contributed by atoms with E-state index in [9.17, 15) is 15.0 Å². The molecule has 3 rings (SSSR count). The number of benzene rings is 1. The maximum absolute atomic E-state index is 11.8. The number of amides is 1. The van der Waals surface area contributed by atoms with Gasteiger partial charge in [0.1, 0.15) is 0 Å². The van der Waals surface area contributed by atoms with Gasteiger partial charge in [0.2, 0.25) is 0 Å². The summed E-state index contributed by atoms with van der Waals surface area (Å²) in [6, 6.07) is 12.3. The highest BCUT2D eigenvalue weighted by Gasteiger charge is 2.38. The molecule has 1 unspecified atom stereocenters. The van der Waals surface area contributed by atoms with E-state index in [4.69, 9.17) is 4.74 Å². The number of rotatable bonds is 15. The number of carboxylic acid groups (broad SMARTS) is 1. The Balaban J connectivity index is 1.46.